The molecule has 122 valence electrons. The average molecular weight is 306 g/mol. The molecular formula is C18H27FN2O. The van der Waals surface area contributed by atoms with Gasteiger partial charge in [-0.25, -0.2) is 4.39 Å². The zero-order valence-electron chi connectivity index (χ0n) is 13.7. The summed E-state index contributed by atoms with van der Waals surface area (Å²) in [6.45, 7) is 8.66. The second-order valence-electron chi connectivity index (χ2n) is 6.99. The van der Waals surface area contributed by atoms with Crippen molar-refractivity contribution in [2.75, 3.05) is 31.1 Å². The Morgan fingerprint density at radius 3 is 2.64 bits per heavy atom. The molecular weight excluding hydrogens is 279 g/mol. The third-order valence-corrected chi connectivity index (χ3v) is 5.19. The molecule has 0 aromatic heterocycles. The molecule has 3 rings (SSSR count). The van der Waals surface area contributed by atoms with E-state index in [-0.39, 0.29) is 11.9 Å². The number of anilines is 1. The third-order valence-electron chi connectivity index (χ3n) is 5.19. The highest BCUT2D eigenvalue weighted by molar-refractivity contribution is 5.52. The summed E-state index contributed by atoms with van der Waals surface area (Å²) < 4.78 is 14.5. The van der Waals surface area contributed by atoms with Crippen molar-refractivity contribution in [2.45, 2.75) is 45.8 Å². The molecule has 3 nitrogen and oxygen atoms in total. The van der Waals surface area contributed by atoms with Crippen molar-refractivity contribution in [3.63, 3.8) is 0 Å². The fourth-order valence-corrected chi connectivity index (χ4v) is 3.68. The topological polar surface area (TPSA) is 26.7 Å². The summed E-state index contributed by atoms with van der Waals surface area (Å²) in [6, 6.07) is 3.73. The molecule has 2 saturated heterocycles. The SMILES string of the molecule is Cc1cc(N2CCCC2)c(F)cc1CN1CC[C@H](O)[C@@H](C)C1. The average Bonchev–Trinajstić information content (AvgIpc) is 3.00. The Bertz CT molecular complexity index is 528. The lowest BCUT2D eigenvalue weighted by atomic mass is 9.96. The van der Waals surface area contributed by atoms with Crippen LogP contribution in [0.5, 0.6) is 0 Å². The highest BCUT2D eigenvalue weighted by atomic mass is 19.1. The summed E-state index contributed by atoms with van der Waals surface area (Å²) in [5, 5.41) is 9.83. The Morgan fingerprint density at radius 2 is 1.95 bits per heavy atom. The molecule has 2 heterocycles. The summed E-state index contributed by atoms with van der Waals surface area (Å²) in [6.07, 6.45) is 2.95. The van der Waals surface area contributed by atoms with Gasteiger partial charge in [0.25, 0.3) is 0 Å². The number of benzene rings is 1. The van der Waals surface area contributed by atoms with Crippen LogP contribution in [-0.2, 0) is 6.54 Å². The van der Waals surface area contributed by atoms with Crippen LogP contribution in [0.25, 0.3) is 0 Å². The maximum absolute atomic E-state index is 14.5. The number of rotatable bonds is 3. The maximum atomic E-state index is 14.5. The Hall–Kier alpha value is -1.13. The number of aryl methyl sites for hydroxylation is 1. The molecule has 0 spiro atoms. The van der Waals surface area contributed by atoms with Crippen LogP contribution in [0, 0.1) is 18.7 Å². The molecule has 0 unspecified atom stereocenters. The molecule has 0 bridgehead atoms. The number of nitrogens with zero attached hydrogens (tertiary/aromatic N) is 2. The van der Waals surface area contributed by atoms with E-state index in [1.165, 1.54) is 5.56 Å². The number of hydrogen-bond donors (Lipinski definition) is 1. The minimum Gasteiger partial charge on any atom is -0.393 e. The van der Waals surface area contributed by atoms with Gasteiger partial charge in [0.2, 0.25) is 0 Å². The molecule has 2 aliphatic rings. The van der Waals surface area contributed by atoms with Crippen LogP contribution < -0.4 is 4.90 Å². The largest absolute Gasteiger partial charge is 0.393 e. The second-order valence-corrected chi connectivity index (χ2v) is 6.99. The number of aliphatic hydroxyl groups is 1. The minimum absolute atomic E-state index is 0.0902. The first kappa shape index (κ1) is 15.8. The Balaban J connectivity index is 1.73. The Kier molecular flexibility index (Phi) is 4.69. The molecule has 4 heteroatoms. The van der Waals surface area contributed by atoms with Gasteiger partial charge in [-0.05, 0) is 55.4 Å². The van der Waals surface area contributed by atoms with Crippen LogP contribution >= 0.6 is 0 Å². The lowest BCUT2D eigenvalue weighted by Crippen LogP contribution is -2.41. The highest BCUT2D eigenvalue weighted by Crippen LogP contribution is 2.28. The van der Waals surface area contributed by atoms with Crippen LogP contribution in [0.2, 0.25) is 0 Å². The van der Waals surface area contributed by atoms with E-state index in [0.717, 1.165) is 63.2 Å². The third kappa shape index (κ3) is 3.28. The van der Waals surface area contributed by atoms with E-state index < -0.39 is 0 Å². The molecule has 1 aromatic carbocycles. The van der Waals surface area contributed by atoms with E-state index >= 15 is 0 Å². The summed E-state index contributed by atoms with van der Waals surface area (Å²) in [4.78, 5) is 4.49. The van der Waals surface area contributed by atoms with Crippen molar-refractivity contribution in [1.82, 2.24) is 4.90 Å². The zero-order valence-corrected chi connectivity index (χ0v) is 13.7. The first-order chi connectivity index (χ1) is 10.5. The van der Waals surface area contributed by atoms with Gasteiger partial charge in [0.05, 0.1) is 11.8 Å². The Labute approximate surface area is 132 Å². The van der Waals surface area contributed by atoms with Gasteiger partial charge in [-0.15, -0.1) is 0 Å². The predicted molar refractivity (Wildman–Crippen MR) is 87.6 cm³/mol. The van der Waals surface area contributed by atoms with Crippen molar-refractivity contribution < 1.29 is 9.50 Å². The number of halogens is 1. The second kappa shape index (κ2) is 6.55. The van der Waals surface area contributed by atoms with Crippen LogP contribution in [0.4, 0.5) is 10.1 Å². The number of likely N-dealkylation sites (tertiary alicyclic amines) is 1. The summed E-state index contributed by atoms with van der Waals surface area (Å²) >= 11 is 0. The maximum Gasteiger partial charge on any atom is 0.146 e. The number of aliphatic hydroxyl groups excluding tert-OH is 1. The van der Waals surface area contributed by atoms with E-state index in [4.69, 9.17) is 0 Å². The number of piperidine rings is 1. The molecule has 0 amide bonds. The van der Waals surface area contributed by atoms with E-state index in [1.807, 2.05) is 6.07 Å². The van der Waals surface area contributed by atoms with Crippen molar-refractivity contribution in [3.05, 3.63) is 29.1 Å². The van der Waals surface area contributed by atoms with Gasteiger partial charge >= 0.3 is 0 Å². The standard InChI is InChI=1S/C18H27FN2O/c1-13-9-17(21-6-3-4-7-21)16(19)10-15(13)12-20-8-5-18(22)14(2)11-20/h9-10,14,18,22H,3-8,11-12H2,1-2H3/t14-,18-/m0/s1. The van der Waals surface area contributed by atoms with Crippen molar-refractivity contribution >= 4 is 5.69 Å². The zero-order chi connectivity index (χ0) is 15.7. The molecule has 0 radical (unpaired) electrons. The quantitative estimate of drug-likeness (QED) is 0.930. The van der Waals surface area contributed by atoms with Gasteiger partial charge in [0.1, 0.15) is 5.82 Å². The smallest absolute Gasteiger partial charge is 0.146 e. The molecule has 1 aromatic rings. The van der Waals surface area contributed by atoms with Crippen LogP contribution in [0.15, 0.2) is 12.1 Å². The minimum atomic E-state index is -0.188. The normalized spacial score (nSPS) is 26.6. The first-order valence-corrected chi connectivity index (χ1v) is 8.49. The lowest BCUT2D eigenvalue weighted by Gasteiger charge is -2.34. The molecule has 2 atom stereocenters. The molecule has 2 aliphatic heterocycles. The summed E-state index contributed by atoms with van der Waals surface area (Å²) in [5.74, 6) is 0.204. The summed E-state index contributed by atoms with van der Waals surface area (Å²) in [7, 11) is 0. The monoisotopic (exact) mass is 306 g/mol. The van der Waals surface area contributed by atoms with E-state index in [9.17, 15) is 9.50 Å². The van der Waals surface area contributed by atoms with E-state index in [1.54, 1.807) is 6.07 Å². The van der Waals surface area contributed by atoms with Crippen LogP contribution in [-0.4, -0.2) is 42.3 Å². The van der Waals surface area contributed by atoms with Gasteiger partial charge in [-0.1, -0.05) is 6.92 Å². The van der Waals surface area contributed by atoms with E-state index in [2.05, 4.69) is 23.6 Å². The van der Waals surface area contributed by atoms with Crippen molar-refractivity contribution in [1.29, 1.82) is 0 Å². The van der Waals surface area contributed by atoms with E-state index in [0.29, 0.717) is 5.92 Å². The molecule has 0 saturated carbocycles. The molecule has 2 fully saturated rings. The fourth-order valence-electron chi connectivity index (χ4n) is 3.68. The molecule has 1 N–H and O–H groups in total. The van der Waals surface area contributed by atoms with Crippen LogP contribution in [0.3, 0.4) is 0 Å². The van der Waals surface area contributed by atoms with Crippen molar-refractivity contribution in [2.24, 2.45) is 5.92 Å². The fraction of sp³-hybridized carbons (Fsp3) is 0.667. The van der Waals surface area contributed by atoms with Crippen LogP contribution in [0.1, 0.15) is 37.3 Å². The van der Waals surface area contributed by atoms with Gasteiger partial charge in [0.15, 0.2) is 0 Å². The van der Waals surface area contributed by atoms with Gasteiger partial charge in [-0.2, -0.15) is 0 Å². The number of hydrogen-bond acceptors (Lipinski definition) is 3. The van der Waals surface area contributed by atoms with Gasteiger partial charge < -0.3 is 10.0 Å². The lowest BCUT2D eigenvalue weighted by molar-refractivity contribution is 0.0319. The summed E-state index contributed by atoms with van der Waals surface area (Å²) in [5.41, 5.74) is 3.01. The first-order valence-electron chi connectivity index (χ1n) is 8.49. The highest BCUT2D eigenvalue weighted by Gasteiger charge is 2.25. The van der Waals surface area contributed by atoms with Gasteiger partial charge in [-0.3, -0.25) is 4.90 Å². The Morgan fingerprint density at radius 1 is 1.23 bits per heavy atom. The predicted octanol–water partition coefficient (Wildman–Crippen LogP) is 2.94. The molecule has 0 aliphatic carbocycles. The molecule has 22 heavy (non-hydrogen) atoms. The van der Waals surface area contributed by atoms with Gasteiger partial charge in [0, 0.05) is 32.7 Å². The van der Waals surface area contributed by atoms with Crippen molar-refractivity contribution in [3.8, 4) is 0 Å².